The van der Waals surface area contributed by atoms with E-state index in [0.29, 0.717) is 18.4 Å². The van der Waals surface area contributed by atoms with Crippen molar-refractivity contribution in [3.63, 3.8) is 0 Å². The van der Waals surface area contributed by atoms with E-state index < -0.39 is 0 Å². The lowest BCUT2D eigenvalue weighted by atomic mass is 9.90. The summed E-state index contributed by atoms with van der Waals surface area (Å²) in [5.41, 5.74) is 6.05. The average molecular weight is 212 g/mol. The second kappa shape index (κ2) is 4.97. The van der Waals surface area contributed by atoms with Crippen molar-refractivity contribution in [1.29, 1.82) is 0 Å². The first-order valence-electron chi connectivity index (χ1n) is 5.92. The Morgan fingerprint density at radius 1 is 1.33 bits per heavy atom. The molecule has 0 saturated carbocycles. The van der Waals surface area contributed by atoms with Gasteiger partial charge in [-0.05, 0) is 24.7 Å². The highest BCUT2D eigenvalue weighted by Gasteiger charge is 2.21. The van der Waals surface area contributed by atoms with Crippen LogP contribution in [0.2, 0.25) is 0 Å². The zero-order chi connectivity index (χ0) is 11.5. The van der Waals surface area contributed by atoms with Crippen molar-refractivity contribution in [2.75, 3.05) is 13.1 Å². The SMILES string of the molecule is CC(C)(C)CCC(=O)N1CCC(N)CC1. The number of amides is 1. The minimum atomic E-state index is 0.252. The maximum absolute atomic E-state index is 11.8. The van der Waals surface area contributed by atoms with E-state index in [-0.39, 0.29) is 5.41 Å². The molecule has 0 atom stereocenters. The number of carbonyl (C=O) groups is 1. The van der Waals surface area contributed by atoms with Gasteiger partial charge in [0.05, 0.1) is 0 Å². The molecule has 0 radical (unpaired) electrons. The monoisotopic (exact) mass is 212 g/mol. The molecule has 0 aromatic heterocycles. The molecule has 0 spiro atoms. The fourth-order valence-electron chi connectivity index (χ4n) is 1.79. The third-order valence-corrected chi connectivity index (χ3v) is 2.98. The van der Waals surface area contributed by atoms with Crippen LogP contribution in [-0.4, -0.2) is 29.9 Å². The van der Waals surface area contributed by atoms with Gasteiger partial charge in [0.15, 0.2) is 0 Å². The van der Waals surface area contributed by atoms with Gasteiger partial charge in [0.2, 0.25) is 5.91 Å². The van der Waals surface area contributed by atoms with Crippen LogP contribution < -0.4 is 5.73 Å². The van der Waals surface area contributed by atoms with Crippen molar-refractivity contribution >= 4 is 5.91 Å². The van der Waals surface area contributed by atoms with E-state index in [2.05, 4.69) is 20.8 Å². The molecule has 1 aliphatic rings. The van der Waals surface area contributed by atoms with Crippen LogP contribution in [0, 0.1) is 5.41 Å². The highest BCUT2D eigenvalue weighted by atomic mass is 16.2. The third kappa shape index (κ3) is 4.65. The second-order valence-electron chi connectivity index (χ2n) is 5.78. The molecule has 1 rings (SSSR count). The molecule has 0 bridgehead atoms. The molecule has 15 heavy (non-hydrogen) atoms. The molecule has 1 aliphatic heterocycles. The summed E-state index contributed by atoms with van der Waals surface area (Å²) in [5, 5.41) is 0. The quantitative estimate of drug-likeness (QED) is 0.758. The summed E-state index contributed by atoms with van der Waals surface area (Å²) >= 11 is 0. The van der Waals surface area contributed by atoms with Crippen molar-refractivity contribution < 1.29 is 4.79 Å². The van der Waals surface area contributed by atoms with Crippen LogP contribution in [0.5, 0.6) is 0 Å². The highest BCUT2D eigenvalue weighted by molar-refractivity contribution is 5.76. The van der Waals surface area contributed by atoms with E-state index in [1.54, 1.807) is 0 Å². The van der Waals surface area contributed by atoms with Crippen molar-refractivity contribution in [3.05, 3.63) is 0 Å². The van der Waals surface area contributed by atoms with Gasteiger partial charge in [-0.3, -0.25) is 4.79 Å². The zero-order valence-corrected chi connectivity index (χ0v) is 10.3. The number of hydrogen-bond donors (Lipinski definition) is 1. The van der Waals surface area contributed by atoms with Crippen LogP contribution in [0.15, 0.2) is 0 Å². The predicted molar refractivity (Wildman–Crippen MR) is 62.5 cm³/mol. The van der Waals surface area contributed by atoms with E-state index in [0.717, 1.165) is 32.4 Å². The van der Waals surface area contributed by atoms with Gasteiger partial charge in [0.25, 0.3) is 0 Å². The van der Waals surface area contributed by atoms with Gasteiger partial charge >= 0.3 is 0 Å². The van der Waals surface area contributed by atoms with Gasteiger partial charge in [0.1, 0.15) is 0 Å². The van der Waals surface area contributed by atoms with Crippen molar-refractivity contribution in [2.45, 2.75) is 52.5 Å². The van der Waals surface area contributed by atoms with Gasteiger partial charge in [0, 0.05) is 25.6 Å². The number of rotatable bonds is 2. The predicted octanol–water partition coefficient (Wildman–Crippen LogP) is 1.76. The number of nitrogens with two attached hydrogens (primary N) is 1. The van der Waals surface area contributed by atoms with Gasteiger partial charge < -0.3 is 10.6 Å². The van der Waals surface area contributed by atoms with Crippen LogP contribution in [0.25, 0.3) is 0 Å². The average Bonchev–Trinajstić information content (AvgIpc) is 2.14. The third-order valence-electron chi connectivity index (χ3n) is 2.98. The Morgan fingerprint density at radius 2 is 1.87 bits per heavy atom. The van der Waals surface area contributed by atoms with E-state index in [4.69, 9.17) is 5.73 Å². The molecule has 2 N–H and O–H groups in total. The number of likely N-dealkylation sites (tertiary alicyclic amines) is 1. The Kier molecular flexibility index (Phi) is 4.14. The maximum Gasteiger partial charge on any atom is 0.222 e. The van der Waals surface area contributed by atoms with Crippen LogP contribution in [-0.2, 0) is 4.79 Å². The first-order valence-corrected chi connectivity index (χ1v) is 5.92. The van der Waals surface area contributed by atoms with Crippen molar-refractivity contribution in [2.24, 2.45) is 11.1 Å². The van der Waals surface area contributed by atoms with E-state index in [1.165, 1.54) is 0 Å². The minimum absolute atomic E-state index is 0.252. The van der Waals surface area contributed by atoms with Crippen LogP contribution in [0.4, 0.5) is 0 Å². The van der Waals surface area contributed by atoms with Crippen LogP contribution in [0.1, 0.15) is 46.5 Å². The standard InChI is InChI=1S/C12H24N2O/c1-12(2,3)7-4-11(15)14-8-5-10(13)6-9-14/h10H,4-9,13H2,1-3H3. The van der Waals surface area contributed by atoms with E-state index >= 15 is 0 Å². The molecule has 1 amide bonds. The van der Waals surface area contributed by atoms with Gasteiger partial charge in [-0.15, -0.1) is 0 Å². The minimum Gasteiger partial charge on any atom is -0.343 e. The van der Waals surface area contributed by atoms with Gasteiger partial charge in [-0.2, -0.15) is 0 Å². The summed E-state index contributed by atoms with van der Waals surface area (Å²) in [6.45, 7) is 8.22. The maximum atomic E-state index is 11.8. The largest absolute Gasteiger partial charge is 0.343 e. The zero-order valence-electron chi connectivity index (χ0n) is 10.3. The van der Waals surface area contributed by atoms with Crippen molar-refractivity contribution in [3.8, 4) is 0 Å². The summed E-state index contributed by atoms with van der Waals surface area (Å²) in [7, 11) is 0. The van der Waals surface area contributed by atoms with E-state index in [1.807, 2.05) is 4.90 Å². The summed E-state index contributed by atoms with van der Waals surface area (Å²) in [6.07, 6.45) is 3.57. The first kappa shape index (κ1) is 12.5. The normalized spacial score (nSPS) is 19.3. The highest BCUT2D eigenvalue weighted by Crippen LogP contribution is 2.21. The summed E-state index contributed by atoms with van der Waals surface area (Å²) in [6, 6.07) is 0.302. The molecule has 88 valence electrons. The topological polar surface area (TPSA) is 46.3 Å². The van der Waals surface area contributed by atoms with Gasteiger partial charge in [-0.1, -0.05) is 20.8 Å². The Bertz CT molecular complexity index is 212. The molecule has 1 saturated heterocycles. The van der Waals surface area contributed by atoms with Gasteiger partial charge in [-0.25, -0.2) is 0 Å². The smallest absolute Gasteiger partial charge is 0.222 e. The Balaban J connectivity index is 2.29. The fraction of sp³-hybridized carbons (Fsp3) is 0.917. The van der Waals surface area contributed by atoms with Crippen LogP contribution >= 0.6 is 0 Å². The lowest BCUT2D eigenvalue weighted by Crippen LogP contribution is -2.42. The first-order chi connectivity index (χ1) is 6.88. The second-order valence-corrected chi connectivity index (χ2v) is 5.78. The van der Waals surface area contributed by atoms with Crippen molar-refractivity contribution in [1.82, 2.24) is 4.90 Å². The lowest BCUT2D eigenvalue weighted by Gasteiger charge is -2.31. The number of hydrogen-bond acceptors (Lipinski definition) is 2. The molecule has 3 heteroatoms. The molecule has 3 nitrogen and oxygen atoms in total. The summed E-state index contributed by atoms with van der Waals surface area (Å²) in [4.78, 5) is 13.8. The number of nitrogens with zero attached hydrogens (tertiary/aromatic N) is 1. The molecule has 0 aromatic rings. The molecule has 1 fully saturated rings. The molecular formula is C12H24N2O. The molecule has 0 aliphatic carbocycles. The van der Waals surface area contributed by atoms with E-state index in [9.17, 15) is 4.79 Å². The fourth-order valence-corrected chi connectivity index (χ4v) is 1.79. The molecule has 1 heterocycles. The lowest BCUT2D eigenvalue weighted by molar-refractivity contribution is -0.132. The Hall–Kier alpha value is -0.570. The Morgan fingerprint density at radius 3 is 2.33 bits per heavy atom. The molecule has 0 unspecified atom stereocenters. The summed E-state index contributed by atoms with van der Waals surface area (Å²) < 4.78 is 0. The molecule has 0 aromatic carbocycles. The molecular weight excluding hydrogens is 188 g/mol. The number of carbonyl (C=O) groups excluding carboxylic acids is 1. The van der Waals surface area contributed by atoms with Crippen LogP contribution in [0.3, 0.4) is 0 Å². The Labute approximate surface area is 93.0 Å². The summed E-state index contributed by atoms with van der Waals surface area (Å²) in [5.74, 6) is 0.303. The number of piperidine rings is 1.